The summed E-state index contributed by atoms with van der Waals surface area (Å²) in [6.45, 7) is 5.75. The molecule has 0 spiro atoms. The van der Waals surface area contributed by atoms with Crippen LogP contribution >= 0.6 is 11.5 Å². The summed E-state index contributed by atoms with van der Waals surface area (Å²) in [6.07, 6.45) is 6.48. The van der Waals surface area contributed by atoms with Crippen molar-refractivity contribution >= 4 is 23.3 Å². The van der Waals surface area contributed by atoms with Crippen molar-refractivity contribution < 1.29 is 14.0 Å². The molecule has 2 aromatic heterocycles. The van der Waals surface area contributed by atoms with Crippen LogP contribution in [0.25, 0.3) is 0 Å². The average Bonchev–Trinajstić information content (AvgIpc) is 3.31. The molecule has 0 unspecified atom stereocenters. The number of rotatable bonds is 5. The monoisotopic (exact) mass is 390 g/mol. The van der Waals surface area contributed by atoms with E-state index in [-0.39, 0.29) is 23.6 Å². The number of nitrogens with one attached hydrogen (secondary N) is 1. The molecule has 0 radical (unpaired) electrons. The first-order valence-electron chi connectivity index (χ1n) is 9.32. The number of nitrogens with zero attached hydrogens (tertiary/aromatic N) is 3. The fraction of sp³-hybridized carbons (Fsp3) is 0.579. The van der Waals surface area contributed by atoms with Gasteiger partial charge in [0.15, 0.2) is 11.7 Å². The van der Waals surface area contributed by atoms with Crippen molar-refractivity contribution in [3.8, 4) is 0 Å². The first kappa shape index (κ1) is 19.5. The minimum absolute atomic E-state index is 0.0335. The lowest BCUT2D eigenvalue weighted by Gasteiger charge is -2.39. The third-order valence-electron chi connectivity index (χ3n) is 4.62. The summed E-state index contributed by atoms with van der Waals surface area (Å²) in [5.74, 6) is -0.0699. The number of furan rings is 1. The van der Waals surface area contributed by atoms with Crippen molar-refractivity contribution in [1.82, 2.24) is 19.8 Å². The quantitative estimate of drug-likeness (QED) is 0.843. The lowest BCUT2D eigenvalue weighted by Crippen LogP contribution is -2.52. The Kier molecular flexibility index (Phi) is 5.94. The molecule has 1 aliphatic carbocycles. The van der Waals surface area contributed by atoms with Crippen LogP contribution in [0.2, 0.25) is 0 Å². The number of amides is 2. The van der Waals surface area contributed by atoms with Crippen LogP contribution in [0.15, 0.2) is 28.2 Å². The summed E-state index contributed by atoms with van der Waals surface area (Å²) < 4.78 is 9.40. The van der Waals surface area contributed by atoms with Crippen molar-refractivity contribution in [2.24, 2.45) is 0 Å². The molecule has 1 saturated carbocycles. The highest BCUT2D eigenvalue weighted by Crippen LogP contribution is 2.32. The van der Waals surface area contributed by atoms with Crippen LogP contribution in [-0.2, 0) is 4.79 Å². The highest BCUT2D eigenvalue weighted by molar-refractivity contribution is 7.03. The maximum absolute atomic E-state index is 13.3. The van der Waals surface area contributed by atoms with E-state index in [4.69, 9.17) is 4.42 Å². The maximum atomic E-state index is 13.3. The number of aromatic nitrogens is 2. The SMILES string of the molecule is CC(C)(C)NC(=O)[C@H](c1ccco1)N(C(=O)c1csnn1)C1CCCCC1. The summed E-state index contributed by atoms with van der Waals surface area (Å²) in [5, 5.41) is 8.57. The Labute approximate surface area is 163 Å². The van der Waals surface area contributed by atoms with Gasteiger partial charge in [-0.25, -0.2) is 0 Å². The Hall–Kier alpha value is -2.22. The van der Waals surface area contributed by atoms with Crippen LogP contribution in [0, 0.1) is 0 Å². The Morgan fingerprint density at radius 3 is 2.59 bits per heavy atom. The molecule has 8 heteroatoms. The fourth-order valence-electron chi connectivity index (χ4n) is 3.52. The van der Waals surface area contributed by atoms with Crippen LogP contribution in [0.1, 0.15) is 75.2 Å². The zero-order valence-corrected chi connectivity index (χ0v) is 16.8. The smallest absolute Gasteiger partial charge is 0.276 e. The molecule has 2 aromatic rings. The second-order valence-electron chi connectivity index (χ2n) is 7.95. The van der Waals surface area contributed by atoms with E-state index in [2.05, 4.69) is 14.9 Å². The standard InChI is InChI=1S/C19H26N4O3S/c1-19(2,3)20-17(24)16(15-10-7-11-26-15)23(13-8-5-4-6-9-13)18(25)14-12-27-22-21-14/h7,10-13,16H,4-6,8-9H2,1-3H3,(H,20,24)/t16-/m0/s1. The molecule has 1 N–H and O–H groups in total. The Morgan fingerprint density at radius 2 is 2.04 bits per heavy atom. The highest BCUT2D eigenvalue weighted by Gasteiger charge is 2.40. The van der Waals surface area contributed by atoms with Gasteiger partial charge < -0.3 is 14.6 Å². The summed E-state index contributed by atoms with van der Waals surface area (Å²) in [4.78, 5) is 28.2. The first-order valence-corrected chi connectivity index (χ1v) is 10.2. The van der Waals surface area contributed by atoms with Crippen LogP contribution in [0.3, 0.4) is 0 Å². The lowest BCUT2D eigenvalue weighted by atomic mass is 9.92. The third kappa shape index (κ3) is 4.74. The molecule has 0 saturated heterocycles. The number of hydrogen-bond acceptors (Lipinski definition) is 6. The second-order valence-corrected chi connectivity index (χ2v) is 8.56. The second kappa shape index (κ2) is 8.21. The molecule has 1 atom stereocenters. The van der Waals surface area contributed by atoms with Gasteiger partial charge in [0.25, 0.3) is 11.8 Å². The molecule has 1 aliphatic rings. The highest BCUT2D eigenvalue weighted by atomic mass is 32.1. The van der Waals surface area contributed by atoms with E-state index in [1.54, 1.807) is 22.4 Å². The summed E-state index contributed by atoms with van der Waals surface area (Å²) in [7, 11) is 0. The number of hydrogen-bond donors (Lipinski definition) is 1. The van der Waals surface area contributed by atoms with Gasteiger partial charge in [-0.1, -0.05) is 23.8 Å². The van der Waals surface area contributed by atoms with Crippen LogP contribution in [0.4, 0.5) is 0 Å². The van der Waals surface area contributed by atoms with Crippen LogP contribution in [-0.4, -0.2) is 37.9 Å². The van der Waals surface area contributed by atoms with Crippen molar-refractivity contribution in [2.75, 3.05) is 0 Å². The molecule has 7 nitrogen and oxygen atoms in total. The molecule has 2 heterocycles. The molecule has 146 valence electrons. The van der Waals surface area contributed by atoms with Gasteiger partial charge in [-0.2, -0.15) is 0 Å². The molecule has 2 amide bonds. The van der Waals surface area contributed by atoms with Gasteiger partial charge in [0.05, 0.1) is 6.26 Å². The minimum atomic E-state index is -0.837. The predicted octanol–water partition coefficient (Wildman–Crippen LogP) is 3.56. The molecule has 1 fully saturated rings. The normalized spacial score (nSPS) is 16.7. The molecule has 0 bridgehead atoms. The van der Waals surface area contributed by atoms with E-state index in [1.807, 2.05) is 20.8 Å². The Balaban J connectivity index is 2.01. The van der Waals surface area contributed by atoms with E-state index < -0.39 is 11.6 Å². The molecular weight excluding hydrogens is 364 g/mol. The van der Waals surface area contributed by atoms with E-state index >= 15 is 0 Å². The Bertz CT molecular complexity index is 747. The van der Waals surface area contributed by atoms with Gasteiger partial charge in [0.1, 0.15) is 5.76 Å². The van der Waals surface area contributed by atoms with Gasteiger partial charge in [0, 0.05) is 17.0 Å². The van der Waals surface area contributed by atoms with E-state index in [1.165, 1.54) is 6.26 Å². The van der Waals surface area contributed by atoms with E-state index in [0.717, 1.165) is 43.6 Å². The maximum Gasteiger partial charge on any atom is 0.276 e. The van der Waals surface area contributed by atoms with E-state index in [9.17, 15) is 9.59 Å². The molecule has 27 heavy (non-hydrogen) atoms. The van der Waals surface area contributed by atoms with Crippen molar-refractivity contribution in [1.29, 1.82) is 0 Å². The third-order valence-corrected chi connectivity index (χ3v) is 5.12. The van der Waals surface area contributed by atoms with Gasteiger partial charge in [-0.15, -0.1) is 5.10 Å². The topological polar surface area (TPSA) is 88.3 Å². The van der Waals surface area contributed by atoms with Gasteiger partial charge >= 0.3 is 0 Å². The zero-order valence-electron chi connectivity index (χ0n) is 16.0. The fourth-order valence-corrected chi connectivity index (χ4v) is 3.95. The van der Waals surface area contributed by atoms with Crippen molar-refractivity contribution in [3.05, 3.63) is 35.2 Å². The molecular formula is C19H26N4O3S. The van der Waals surface area contributed by atoms with Crippen LogP contribution < -0.4 is 5.32 Å². The summed E-state index contributed by atoms with van der Waals surface area (Å²) in [5.41, 5.74) is -0.156. The molecule has 0 aliphatic heterocycles. The van der Waals surface area contributed by atoms with E-state index in [0.29, 0.717) is 5.76 Å². The lowest BCUT2D eigenvalue weighted by molar-refractivity contribution is -0.129. The predicted molar refractivity (Wildman–Crippen MR) is 102 cm³/mol. The number of carbonyl (C=O) groups is 2. The largest absolute Gasteiger partial charge is 0.467 e. The number of carbonyl (C=O) groups excluding carboxylic acids is 2. The van der Waals surface area contributed by atoms with Gasteiger partial charge in [-0.05, 0) is 57.3 Å². The Morgan fingerprint density at radius 1 is 1.30 bits per heavy atom. The van der Waals surface area contributed by atoms with Gasteiger partial charge in [-0.3, -0.25) is 9.59 Å². The average molecular weight is 391 g/mol. The van der Waals surface area contributed by atoms with Crippen LogP contribution in [0.5, 0.6) is 0 Å². The summed E-state index contributed by atoms with van der Waals surface area (Å²) in [6, 6.07) is 2.61. The summed E-state index contributed by atoms with van der Waals surface area (Å²) >= 11 is 1.13. The first-order chi connectivity index (χ1) is 12.9. The minimum Gasteiger partial charge on any atom is -0.467 e. The molecule has 3 rings (SSSR count). The molecule has 0 aromatic carbocycles. The van der Waals surface area contributed by atoms with Gasteiger partial charge in [0.2, 0.25) is 0 Å². The van der Waals surface area contributed by atoms with Crippen molar-refractivity contribution in [2.45, 2.75) is 70.5 Å². The zero-order chi connectivity index (χ0) is 19.4. The van der Waals surface area contributed by atoms with Crippen molar-refractivity contribution in [3.63, 3.8) is 0 Å².